The second kappa shape index (κ2) is 10.3. The molecule has 2 heterocycles. The third-order valence-corrected chi connectivity index (χ3v) is 6.62. The van der Waals surface area contributed by atoms with Gasteiger partial charge >= 0.3 is 5.97 Å². The van der Waals surface area contributed by atoms with Crippen LogP contribution in [0, 0.1) is 23.3 Å². The maximum Gasteiger partial charge on any atom is 0.303 e. The van der Waals surface area contributed by atoms with Gasteiger partial charge < -0.3 is 19.4 Å². The molecular formula is C29H23F4N3O3. The van der Waals surface area contributed by atoms with Crippen molar-refractivity contribution < 1.29 is 32.2 Å². The summed E-state index contributed by atoms with van der Waals surface area (Å²) in [7, 11) is 1.64. The van der Waals surface area contributed by atoms with Gasteiger partial charge in [0.2, 0.25) is 0 Å². The van der Waals surface area contributed by atoms with Crippen molar-refractivity contribution >= 4 is 16.9 Å². The minimum atomic E-state index is -1.02. The summed E-state index contributed by atoms with van der Waals surface area (Å²) in [5.41, 5.74) is 1.35. The summed E-state index contributed by atoms with van der Waals surface area (Å²) in [5, 5.41) is 9.08. The van der Waals surface area contributed by atoms with Crippen LogP contribution in [0.25, 0.3) is 22.3 Å². The first-order valence-corrected chi connectivity index (χ1v) is 12.1. The van der Waals surface area contributed by atoms with Gasteiger partial charge in [-0.1, -0.05) is 25.1 Å². The van der Waals surface area contributed by atoms with E-state index < -0.39 is 40.9 Å². The lowest BCUT2D eigenvalue weighted by Crippen LogP contribution is -2.05. The Balaban J connectivity index is 1.46. The number of carboxylic acid groups (broad SMARTS) is 1. The van der Waals surface area contributed by atoms with Crippen molar-refractivity contribution in [3.05, 3.63) is 101 Å². The molecule has 39 heavy (non-hydrogen) atoms. The predicted octanol–water partition coefficient (Wildman–Crippen LogP) is 7.09. The Kier molecular flexibility index (Phi) is 6.86. The second-order valence-corrected chi connectivity index (χ2v) is 9.22. The Morgan fingerprint density at radius 3 is 2.64 bits per heavy atom. The average molecular weight is 538 g/mol. The number of carbonyl (C=O) groups is 1. The first kappa shape index (κ1) is 26.0. The number of fused-ring (bicyclic) bond motifs is 1. The molecule has 0 saturated carbocycles. The highest BCUT2D eigenvalue weighted by Gasteiger charge is 2.22. The van der Waals surface area contributed by atoms with Gasteiger partial charge in [0, 0.05) is 43.2 Å². The number of ether oxygens (including phenoxy) is 1. The van der Waals surface area contributed by atoms with Gasteiger partial charge in [0.15, 0.2) is 17.4 Å². The zero-order valence-electron chi connectivity index (χ0n) is 20.9. The molecule has 5 rings (SSSR count). The van der Waals surface area contributed by atoms with Gasteiger partial charge in [0.1, 0.15) is 23.2 Å². The van der Waals surface area contributed by atoms with E-state index in [4.69, 9.17) is 9.84 Å². The largest absolute Gasteiger partial charge is 0.481 e. The molecule has 3 aromatic carbocycles. The summed E-state index contributed by atoms with van der Waals surface area (Å²) < 4.78 is 66.6. The fourth-order valence-corrected chi connectivity index (χ4v) is 4.54. The van der Waals surface area contributed by atoms with Gasteiger partial charge in [-0.15, -0.1) is 0 Å². The SMILES string of the molecule is C[C@@H](c1cn(C)c(-c2cc(Oc3c(F)cc4[nH]ccc4c3F)ccc2F)n1)c1cccc(CCC(=O)O)c1F. The number of hydrogen-bond acceptors (Lipinski definition) is 3. The molecule has 0 bridgehead atoms. The number of halogens is 4. The van der Waals surface area contributed by atoms with Crippen LogP contribution in [0.5, 0.6) is 11.5 Å². The van der Waals surface area contributed by atoms with Crippen molar-refractivity contribution in [2.75, 3.05) is 0 Å². The van der Waals surface area contributed by atoms with E-state index in [1.54, 1.807) is 42.9 Å². The number of H-pyrrole nitrogens is 1. The summed E-state index contributed by atoms with van der Waals surface area (Å²) >= 11 is 0. The molecule has 0 saturated heterocycles. The molecule has 0 fully saturated rings. The highest BCUT2D eigenvalue weighted by atomic mass is 19.1. The van der Waals surface area contributed by atoms with Crippen molar-refractivity contribution in [3.8, 4) is 22.9 Å². The zero-order valence-corrected chi connectivity index (χ0v) is 20.9. The number of nitrogens with one attached hydrogen (secondary N) is 1. The summed E-state index contributed by atoms with van der Waals surface area (Å²) in [6.45, 7) is 1.74. The average Bonchev–Trinajstić information content (AvgIpc) is 3.53. The van der Waals surface area contributed by atoms with Crippen molar-refractivity contribution in [1.29, 1.82) is 0 Å². The molecule has 0 aliphatic rings. The summed E-state index contributed by atoms with van der Waals surface area (Å²) in [5.74, 6) is -4.95. The number of carboxylic acids is 1. The molecule has 6 nitrogen and oxygen atoms in total. The monoisotopic (exact) mass is 537 g/mol. The molecule has 0 spiro atoms. The van der Waals surface area contributed by atoms with E-state index in [0.29, 0.717) is 11.3 Å². The van der Waals surface area contributed by atoms with Crippen LogP contribution in [0.2, 0.25) is 0 Å². The molecule has 0 unspecified atom stereocenters. The van der Waals surface area contributed by atoms with Crippen molar-refractivity contribution in [2.45, 2.75) is 25.7 Å². The maximum atomic E-state index is 15.2. The molecule has 200 valence electrons. The summed E-state index contributed by atoms with van der Waals surface area (Å²) in [6.07, 6.45) is 2.96. The smallest absolute Gasteiger partial charge is 0.303 e. The fourth-order valence-electron chi connectivity index (χ4n) is 4.54. The van der Waals surface area contributed by atoms with E-state index in [1.165, 1.54) is 24.4 Å². The molecule has 2 aromatic heterocycles. The standard InChI is InChI=1S/C29H23F4N3O3/c1-15(18-5-3-4-16(26(18)32)6-9-25(37)38)24-14-36(2)29(35-24)20-12-17(7-8-21(20)30)39-28-22(31)13-23-19(27(28)33)10-11-34-23/h3-5,7-8,10-15,34H,6,9H2,1-2H3,(H,37,38)/t15-/m1/s1. The van der Waals surface area contributed by atoms with Crippen LogP contribution in [-0.4, -0.2) is 25.6 Å². The van der Waals surface area contributed by atoms with Gasteiger partial charge in [-0.2, -0.15) is 0 Å². The number of nitrogens with zero attached hydrogens (tertiary/aromatic N) is 2. The topological polar surface area (TPSA) is 80.1 Å². The lowest BCUT2D eigenvalue weighted by Gasteiger charge is -2.13. The normalized spacial score (nSPS) is 12.2. The van der Waals surface area contributed by atoms with E-state index >= 15 is 4.39 Å². The quantitative estimate of drug-likeness (QED) is 0.207. The molecule has 10 heteroatoms. The zero-order chi connectivity index (χ0) is 27.8. The van der Waals surface area contributed by atoms with Crippen LogP contribution in [0.3, 0.4) is 0 Å². The van der Waals surface area contributed by atoms with Gasteiger partial charge in [-0.3, -0.25) is 4.79 Å². The van der Waals surface area contributed by atoms with Gasteiger partial charge in [-0.25, -0.2) is 22.5 Å². The third kappa shape index (κ3) is 4.97. The Morgan fingerprint density at radius 1 is 1.08 bits per heavy atom. The van der Waals surface area contributed by atoms with E-state index in [9.17, 15) is 18.0 Å². The van der Waals surface area contributed by atoms with Crippen molar-refractivity contribution in [1.82, 2.24) is 14.5 Å². The Hall–Kier alpha value is -4.60. The highest BCUT2D eigenvalue weighted by molar-refractivity contribution is 5.82. The van der Waals surface area contributed by atoms with E-state index in [2.05, 4.69) is 9.97 Å². The van der Waals surface area contributed by atoms with Crippen molar-refractivity contribution in [3.63, 3.8) is 0 Å². The first-order valence-electron chi connectivity index (χ1n) is 12.1. The molecule has 0 radical (unpaired) electrons. The predicted molar refractivity (Wildman–Crippen MR) is 137 cm³/mol. The Morgan fingerprint density at radius 2 is 1.87 bits per heavy atom. The number of aromatic nitrogens is 3. The maximum absolute atomic E-state index is 15.2. The Bertz CT molecular complexity index is 1710. The van der Waals surface area contributed by atoms with Crippen molar-refractivity contribution in [2.24, 2.45) is 7.05 Å². The van der Waals surface area contributed by atoms with Crippen LogP contribution < -0.4 is 4.74 Å². The van der Waals surface area contributed by atoms with Crippen LogP contribution in [0.4, 0.5) is 17.6 Å². The Labute approximate surface area is 220 Å². The molecule has 0 aliphatic carbocycles. The number of aromatic amines is 1. The highest BCUT2D eigenvalue weighted by Crippen LogP contribution is 2.36. The van der Waals surface area contributed by atoms with Gasteiger partial charge in [-0.05, 0) is 41.8 Å². The number of hydrogen-bond donors (Lipinski definition) is 2. The lowest BCUT2D eigenvalue weighted by atomic mass is 9.94. The lowest BCUT2D eigenvalue weighted by molar-refractivity contribution is -0.136. The minimum absolute atomic E-state index is 0.00568. The third-order valence-electron chi connectivity index (χ3n) is 6.62. The summed E-state index contributed by atoms with van der Waals surface area (Å²) in [6, 6.07) is 11.0. The number of aliphatic carboxylic acids is 1. The van der Waals surface area contributed by atoms with Crippen LogP contribution in [0.15, 0.2) is 60.9 Å². The summed E-state index contributed by atoms with van der Waals surface area (Å²) in [4.78, 5) is 18.2. The second-order valence-electron chi connectivity index (χ2n) is 9.22. The number of benzene rings is 3. The molecule has 1 atom stereocenters. The van der Waals surface area contributed by atoms with E-state index in [0.717, 1.165) is 12.1 Å². The number of imidazole rings is 1. The molecule has 2 N–H and O–H groups in total. The fraction of sp³-hybridized carbons (Fsp3) is 0.172. The number of aryl methyl sites for hydroxylation is 2. The molecule has 0 aliphatic heterocycles. The van der Waals surface area contributed by atoms with Gasteiger partial charge in [0.25, 0.3) is 0 Å². The number of rotatable bonds is 8. The molecule has 0 amide bonds. The van der Waals surface area contributed by atoms with Crippen LogP contribution in [0.1, 0.15) is 36.1 Å². The van der Waals surface area contributed by atoms with Crippen LogP contribution in [-0.2, 0) is 18.3 Å². The molecule has 5 aromatic rings. The minimum Gasteiger partial charge on any atom is -0.481 e. The van der Waals surface area contributed by atoms with Gasteiger partial charge in [0.05, 0.1) is 16.8 Å². The van der Waals surface area contributed by atoms with Crippen LogP contribution >= 0.6 is 0 Å². The molecular weight excluding hydrogens is 514 g/mol. The first-order chi connectivity index (χ1) is 18.6. The van der Waals surface area contributed by atoms with E-state index in [-0.39, 0.29) is 46.4 Å². The van der Waals surface area contributed by atoms with E-state index in [1.807, 2.05) is 0 Å².